The van der Waals surface area contributed by atoms with Crippen LogP contribution in [-0.2, 0) is 11.3 Å². The molecule has 20 heavy (non-hydrogen) atoms. The van der Waals surface area contributed by atoms with E-state index >= 15 is 0 Å². The normalized spacial score (nSPS) is 21.5. The number of hydrogen-bond donors (Lipinski definition) is 2. The molecule has 0 radical (unpaired) electrons. The summed E-state index contributed by atoms with van der Waals surface area (Å²) < 4.78 is 5.14. The first-order chi connectivity index (χ1) is 9.42. The first-order valence-electron chi connectivity index (χ1n) is 6.71. The molecule has 1 aromatic heterocycles. The van der Waals surface area contributed by atoms with E-state index in [2.05, 4.69) is 5.32 Å². The second-order valence-corrected chi connectivity index (χ2v) is 5.76. The number of furan rings is 1. The van der Waals surface area contributed by atoms with Crippen molar-refractivity contribution in [3.05, 3.63) is 24.2 Å². The van der Waals surface area contributed by atoms with Gasteiger partial charge >= 0.3 is 12.0 Å². The molecule has 1 aliphatic heterocycles. The van der Waals surface area contributed by atoms with Crippen LogP contribution in [0.1, 0.15) is 32.4 Å². The van der Waals surface area contributed by atoms with Gasteiger partial charge in [0.05, 0.1) is 12.8 Å². The zero-order valence-electron chi connectivity index (χ0n) is 11.8. The third kappa shape index (κ3) is 2.95. The van der Waals surface area contributed by atoms with Gasteiger partial charge in [-0.05, 0) is 30.4 Å². The fourth-order valence-corrected chi connectivity index (χ4v) is 2.76. The van der Waals surface area contributed by atoms with Gasteiger partial charge < -0.3 is 19.7 Å². The maximum absolute atomic E-state index is 12.2. The minimum absolute atomic E-state index is 0.259. The molecule has 1 aromatic rings. The Labute approximate surface area is 117 Å². The van der Waals surface area contributed by atoms with Gasteiger partial charge in [0.15, 0.2) is 0 Å². The van der Waals surface area contributed by atoms with E-state index in [0.717, 1.165) is 12.8 Å². The Bertz CT molecular complexity index is 481. The summed E-state index contributed by atoms with van der Waals surface area (Å²) in [6.07, 6.45) is 3.14. The number of nitrogens with zero attached hydrogens (tertiary/aromatic N) is 1. The van der Waals surface area contributed by atoms with Crippen LogP contribution in [0.3, 0.4) is 0 Å². The predicted octanol–water partition coefficient (Wildman–Crippen LogP) is 2.06. The molecule has 2 N–H and O–H groups in total. The zero-order valence-corrected chi connectivity index (χ0v) is 11.8. The summed E-state index contributed by atoms with van der Waals surface area (Å²) in [6, 6.07) is 2.34. The summed E-state index contributed by atoms with van der Waals surface area (Å²) in [4.78, 5) is 25.1. The minimum atomic E-state index is -0.956. The maximum atomic E-state index is 12.2. The lowest BCUT2D eigenvalue weighted by Gasteiger charge is -2.43. The van der Waals surface area contributed by atoms with Crippen LogP contribution in [0.15, 0.2) is 22.8 Å². The summed E-state index contributed by atoms with van der Waals surface area (Å²) >= 11 is 0. The molecule has 2 amide bonds. The van der Waals surface area contributed by atoms with E-state index in [9.17, 15) is 14.7 Å². The van der Waals surface area contributed by atoms with Gasteiger partial charge in [0.25, 0.3) is 0 Å². The number of rotatable bonds is 3. The first kappa shape index (κ1) is 14.4. The highest BCUT2D eigenvalue weighted by atomic mass is 16.4. The molecule has 1 atom stereocenters. The number of urea groups is 1. The van der Waals surface area contributed by atoms with E-state index in [0.29, 0.717) is 12.3 Å². The summed E-state index contributed by atoms with van der Waals surface area (Å²) in [6.45, 7) is 4.50. The van der Waals surface area contributed by atoms with Crippen LogP contribution in [0, 0.1) is 5.41 Å². The molecule has 1 saturated heterocycles. The maximum Gasteiger partial charge on any atom is 0.327 e. The highest BCUT2D eigenvalue weighted by Gasteiger charge is 2.44. The number of carbonyl (C=O) groups excluding carboxylic acids is 1. The van der Waals surface area contributed by atoms with Crippen molar-refractivity contribution >= 4 is 12.0 Å². The Morgan fingerprint density at radius 2 is 2.30 bits per heavy atom. The predicted molar refractivity (Wildman–Crippen MR) is 72.1 cm³/mol. The molecular formula is C14H20N2O4. The van der Waals surface area contributed by atoms with Crippen molar-refractivity contribution in [2.45, 2.75) is 39.3 Å². The van der Waals surface area contributed by atoms with Crippen LogP contribution >= 0.6 is 0 Å². The Hall–Kier alpha value is -1.98. The molecule has 0 aliphatic carbocycles. The van der Waals surface area contributed by atoms with Crippen molar-refractivity contribution in [2.24, 2.45) is 5.41 Å². The Morgan fingerprint density at radius 3 is 2.90 bits per heavy atom. The van der Waals surface area contributed by atoms with Gasteiger partial charge in [0.2, 0.25) is 0 Å². The van der Waals surface area contributed by atoms with Gasteiger partial charge in [-0.3, -0.25) is 0 Å². The minimum Gasteiger partial charge on any atom is -0.480 e. The van der Waals surface area contributed by atoms with Crippen molar-refractivity contribution < 1.29 is 19.1 Å². The van der Waals surface area contributed by atoms with Gasteiger partial charge in [-0.1, -0.05) is 13.8 Å². The topological polar surface area (TPSA) is 82.8 Å². The smallest absolute Gasteiger partial charge is 0.327 e. The van der Waals surface area contributed by atoms with Gasteiger partial charge in [0.1, 0.15) is 11.8 Å². The lowest BCUT2D eigenvalue weighted by atomic mass is 9.76. The number of piperidine rings is 1. The van der Waals surface area contributed by atoms with Crippen LogP contribution in [-0.4, -0.2) is 34.6 Å². The third-order valence-electron chi connectivity index (χ3n) is 3.76. The fourth-order valence-electron chi connectivity index (χ4n) is 2.76. The van der Waals surface area contributed by atoms with Gasteiger partial charge in [0, 0.05) is 6.54 Å². The van der Waals surface area contributed by atoms with Crippen LogP contribution in [0.4, 0.5) is 4.79 Å². The number of amides is 2. The number of carbonyl (C=O) groups is 2. The molecule has 110 valence electrons. The number of aliphatic carboxylic acids is 1. The molecule has 1 unspecified atom stereocenters. The molecule has 0 saturated carbocycles. The molecule has 1 fully saturated rings. The fraction of sp³-hybridized carbons (Fsp3) is 0.571. The number of hydrogen-bond acceptors (Lipinski definition) is 3. The van der Waals surface area contributed by atoms with Crippen molar-refractivity contribution in [3.8, 4) is 0 Å². The largest absolute Gasteiger partial charge is 0.480 e. The Morgan fingerprint density at radius 1 is 1.55 bits per heavy atom. The van der Waals surface area contributed by atoms with Crippen LogP contribution in [0.25, 0.3) is 0 Å². The number of carboxylic acid groups (broad SMARTS) is 1. The number of carboxylic acids is 1. The van der Waals surface area contributed by atoms with Gasteiger partial charge in [-0.2, -0.15) is 0 Å². The molecule has 2 heterocycles. The molecule has 6 nitrogen and oxygen atoms in total. The van der Waals surface area contributed by atoms with E-state index in [-0.39, 0.29) is 12.6 Å². The van der Waals surface area contributed by atoms with Gasteiger partial charge in [-0.25, -0.2) is 9.59 Å². The quantitative estimate of drug-likeness (QED) is 0.887. The third-order valence-corrected chi connectivity index (χ3v) is 3.76. The summed E-state index contributed by atoms with van der Waals surface area (Å²) in [7, 11) is 0. The Kier molecular flexibility index (Phi) is 4.01. The van der Waals surface area contributed by atoms with E-state index < -0.39 is 17.4 Å². The van der Waals surface area contributed by atoms with Gasteiger partial charge in [-0.15, -0.1) is 0 Å². The lowest BCUT2D eigenvalue weighted by molar-refractivity contribution is -0.148. The molecule has 2 rings (SSSR count). The standard InChI is InChI=1S/C14H20N2O4/c1-14(2)6-4-7-16(11(14)12(17)18)13(19)15-9-10-5-3-8-20-10/h3,5,8,11H,4,6-7,9H2,1-2H3,(H,15,19)(H,17,18). The second-order valence-electron chi connectivity index (χ2n) is 5.76. The van der Waals surface area contributed by atoms with Crippen molar-refractivity contribution in [2.75, 3.05) is 6.54 Å². The van der Waals surface area contributed by atoms with Crippen molar-refractivity contribution in [1.29, 1.82) is 0 Å². The van der Waals surface area contributed by atoms with Crippen molar-refractivity contribution in [1.82, 2.24) is 10.2 Å². The Balaban J connectivity index is 2.04. The molecule has 1 aliphatic rings. The van der Waals surface area contributed by atoms with Crippen molar-refractivity contribution in [3.63, 3.8) is 0 Å². The summed E-state index contributed by atoms with van der Waals surface area (Å²) in [5, 5.41) is 12.1. The molecule has 0 spiro atoms. The highest BCUT2D eigenvalue weighted by Crippen LogP contribution is 2.35. The van der Waals surface area contributed by atoms with E-state index in [1.54, 1.807) is 12.1 Å². The van der Waals surface area contributed by atoms with Crippen LogP contribution in [0.2, 0.25) is 0 Å². The summed E-state index contributed by atoms with van der Waals surface area (Å²) in [5.41, 5.74) is -0.424. The van der Waals surface area contributed by atoms with E-state index in [1.165, 1.54) is 11.2 Å². The summed E-state index contributed by atoms with van der Waals surface area (Å²) in [5.74, 6) is -0.315. The average Bonchev–Trinajstić information content (AvgIpc) is 2.86. The van der Waals surface area contributed by atoms with E-state index in [4.69, 9.17) is 4.42 Å². The average molecular weight is 280 g/mol. The molecule has 0 aromatic carbocycles. The lowest BCUT2D eigenvalue weighted by Crippen LogP contribution is -2.58. The van der Waals surface area contributed by atoms with Crippen LogP contribution in [0.5, 0.6) is 0 Å². The monoisotopic (exact) mass is 280 g/mol. The molecule has 0 bridgehead atoms. The second kappa shape index (κ2) is 5.56. The molecular weight excluding hydrogens is 260 g/mol. The number of likely N-dealkylation sites (tertiary alicyclic amines) is 1. The number of nitrogens with one attached hydrogen (secondary N) is 1. The van der Waals surface area contributed by atoms with E-state index in [1.807, 2.05) is 13.8 Å². The highest BCUT2D eigenvalue weighted by molar-refractivity contribution is 5.83. The first-order valence-corrected chi connectivity index (χ1v) is 6.71. The SMILES string of the molecule is CC1(C)CCCN(C(=O)NCc2ccco2)C1C(=O)O. The zero-order chi connectivity index (χ0) is 14.8. The molecule has 6 heteroatoms. The van der Waals surface area contributed by atoms with Crippen LogP contribution < -0.4 is 5.32 Å².